The fourth-order valence-electron chi connectivity index (χ4n) is 3.51. The lowest BCUT2D eigenvalue weighted by atomic mass is 10.1. The molecule has 0 radical (unpaired) electrons. The number of esters is 1. The number of hydrogen-bond acceptors (Lipinski definition) is 6. The second kappa shape index (κ2) is 13.0. The van der Waals surface area contributed by atoms with Crippen LogP contribution >= 0.6 is 24.8 Å². The van der Waals surface area contributed by atoms with Gasteiger partial charge in [0.1, 0.15) is 11.5 Å². The first-order valence-electron chi connectivity index (χ1n) is 10.4. The first-order valence-corrected chi connectivity index (χ1v) is 10.4. The second-order valence-corrected chi connectivity index (χ2v) is 7.76. The van der Waals surface area contributed by atoms with Gasteiger partial charge < -0.3 is 25.8 Å². The maximum absolute atomic E-state index is 13.0. The first kappa shape index (κ1) is 29.0. The van der Waals surface area contributed by atoms with Crippen molar-refractivity contribution in [2.75, 3.05) is 33.3 Å². The maximum Gasteiger partial charge on any atom is 0.343 e. The number of piperazine rings is 1. The summed E-state index contributed by atoms with van der Waals surface area (Å²) in [5.41, 5.74) is 12.0. The summed E-state index contributed by atoms with van der Waals surface area (Å²) >= 11 is 0. The molecule has 1 amide bonds. The Hall–Kier alpha value is -3.01. The molecule has 0 aliphatic carbocycles. The van der Waals surface area contributed by atoms with Crippen LogP contribution in [0.25, 0.3) is 0 Å². The van der Waals surface area contributed by atoms with E-state index in [4.69, 9.17) is 20.9 Å². The van der Waals surface area contributed by atoms with E-state index in [9.17, 15) is 9.59 Å². The first-order chi connectivity index (χ1) is 15.3. The SMILES string of the molecule is COc1cc(OC(=O)c2ccc(N=C(N)N)cc2)ccc1C(=O)N1CCN(C(C)C)CC1.Cl.Cl. The van der Waals surface area contributed by atoms with Crippen molar-refractivity contribution in [1.29, 1.82) is 0 Å². The molecule has 186 valence electrons. The number of halogens is 2. The molecule has 0 atom stereocenters. The van der Waals surface area contributed by atoms with Crippen molar-refractivity contribution in [2.24, 2.45) is 16.5 Å². The Morgan fingerprint density at radius 1 is 0.971 bits per heavy atom. The summed E-state index contributed by atoms with van der Waals surface area (Å²) in [6, 6.07) is 11.6. The van der Waals surface area contributed by atoms with Crippen LogP contribution in [-0.2, 0) is 0 Å². The van der Waals surface area contributed by atoms with Crippen molar-refractivity contribution in [1.82, 2.24) is 9.80 Å². The van der Waals surface area contributed by atoms with E-state index in [-0.39, 0.29) is 42.4 Å². The molecule has 3 rings (SSSR count). The predicted molar refractivity (Wildman–Crippen MR) is 137 cm³/mol. The third kappa shape index (κ3) is 7.24. The van der Waals surface area contributed by atoms with Gasteiger partial charge in [-0.1, -0.05) is 0 Å². The van der Waals surface area contributed by atoms with Crippen LogP contribution in [0.4, 0.5) is 5.69 Å². The number of aliphatic imine (C=N–C) groups is 1. The molecule has 2 aromatic carbocycles. The fourth-order valence-corrected chi connectivity index (χ4v) is 3.51. The van der Waals surface area contributed by atoms with Crippen molar-refractivity contribution in [3.63, 3.8) is 0 Å². The van der Waals surface area contributed by atoms with Gasteiger partial charge in [0.25, 0.3) is 5.91 Å². The maximum atomic E-state index is 13.0. The molecule has 0 unspecified atom stereocenters. The van der Waals surface area contributed by atoms with Gasteiger partial charge in [-0.05, 0) is 50.2 Å². The molecule has 0 saturated carbocycles. The smallest absolute Gasteiger partial charge is 0.343 e. The Morgan fingerprint density at radius 3 is 2.12 bits per heavy atom. The van der Waals surface area contributed by atoms with Gasteiger partial charge in [-0.15, -0.1) is 24.8 Å². The molecular weight excluding hydrogens is 481 g/mol. The number of benzene rings is 2. The Morgan fingerprint density at radius 2 is 1.59 bits per heavy atom. The third-order valence-electron chi connectivity index (χ3n) is 5.31. The van der Waals surface area contributed by atoms with E-state index in [1.165, 1.54) is 7.11 Å². The summed E-state index contributed by atoms with van der Waals surface area (Å²) in [6.07, 6.45) is 0. The molecule has 34 heavy (non-hydrogen) atoms. The van der Waals surface area contributed by atoms with Crippen molar-refractivity contribution in [3.05, 3.63) is 53.6 Å². The lowest BCUT2D eigenvalue weighted by Gasteiger charge is -2.37. The van der Waals surface area contributed by atoms with Crippen LogP contribution in [0.5, 0.6) is 11.5 Å². The second-order valence-electron chi connectivity index (χ2n) is 7.76. The highest BCUT2D eigenvalue weighted by Gasteiger charge is 2.25. The minimum absolute atomic E-state index is 0. The lowest BCUT2D eigenvalue weighted by Crippen LogP contribution is -2.50. The number of amides is 1. The summed E-state index contributed by atoms with van der Waals surface area (Å²) in [7, 11) is 1.48. The number of carbonyl (C=O) groups is 2. The van der Waals surface area contributed by atoms with Crippen LogP contribution < -0.4 is 20.9 Å². The Kier molecular flexibility index (Phi) is 11.1. The number of nitrogens with zero attached hydrogens (tertiary/aromatic N) is 3. The zero-order chi connectivity index (χ0) is 23.3. The van der Waals surface area contributed by atoms with Gasteiger partial charge in [0.2, 0.25) is 0 Å². The highest BCUT2D eigenvalue weighted by Crippen LogP contribution is 2.27. The van der Waals surface area contributed by atoms with Crippen LogP contribution in [0.3, 0.4) is 0 Å². The highest BCUT2D eigenvalue weighted by molar-refractivity contribution is 5.97. The Balaban J connectivity index is 0.00000289. The zero-order valence-electron chi connectivity index (χ0n) is 19.4. The Labute approximate surface area is 211 Å². The molecule has 0 spiro atoms. The molecule has 9 nitrogen and oxygen atoms in total. The van der Waals surface area contributed by atoms with Gasteiger partial charge in [0.15, 0.2) is 5.96 Å². The number of nitrogens with two attached hydrogens (primary N) is 2. The number of guanidine groups is 1. The number of carbonyl (C=O) groups excluding carboxylic acids is 2. The van der Waals surface area contributed by atoms with Gasteiger partial charge in [0, 0.05) is 38.3 Å². The number of methoxy groups -OCH3 is 1. The van der Waals surface area contributed by atoms with E-state index < -0.39 is 5.97 Å². The minimum atomic E-state index is -0.549. The topological polar surface area (TPSA) is 123 Å². The van der Waals surface area contributed by atoms with Gasteiger partial charge in [0.05, 0.1) is 23.9 Å². The lowest BCUT2D eigenvalue weighted by molar-refractivity contribution is 0.0592. The van der Waals surface area contributed by atoms with E-state index in [0.717, 1.165) is 13.1 Å². The summed E-state index contributed by atoms with van der Waals surface area (Å²) in [4.78, 5) is 33.6. The van der Waals surface area contributed by atoms with Crippen molar-refractivity contribution in [2.45, 2.75) is 19.9 Å². The van der Waals surface area contributed by atoms with Crippen LogP contribution in [0.1, 0.15) is 34.6 Å². The summed E-state index contributed by atoms with van der Waals surface area (Å²) in [5.74, 6) is -0.0782. The molecule has 2 aromatic rings. The summed E-state index contributed by atoms with van der Waals surface area (Å²) in [6.45, 7) is 7.30. The van der Waals surface area contributed by atoms with Crippen LogP contribution in [0.2, 0.25) is 0 Å². The van der Waals surface area contributed by atoms with Crippen molar-refractivity contribution < 1.29 is 19.1 Å². The molecule has 1 heterocycles. The van der Waals surface area contributed by atoms with E-state index in [1.807, 2.05) is 4.90 Å². The van der Waals surface area contributed by atoms with Crippen molar-refractivity contribution in [3.8, 4) is 11.5 Å². The van der Waals surface area contributed by atoms with Crippen LogP contribution in [-0.4, -0.2) is 67.0 Å². The highest BCUT2D eigenvalue weighted by atomic mass is 35.5. The summed E-state index contributed by atoms with van der Waals surface area (Å²) in [5, 5.41) is 0. The molecule has 11 heteroatoms. The largest absolute Gasteiger partial charge is 0.496 e. The molecule has 0 bridgehead atoms. The molecule has 1 aliphatic heterocycles. The van der Waals surface area contributed by atoms with Gasteiger partial charge in [-0.3, -0.25) is 9.69 Å². The monoisotopic (exact) mass is 511 g/mol. The predicted octanol–water partition coefficient (Wildman–Crippen LogP) is 2.83. The Bertz CT molecular complexity index is 1000. The van der Waals surface area contributed by atoms with Gasteiger partial charge in [-0.25, -0.2) is 9.79 Å². The minimum Gasteiger partial charge on any atom is -0.496 e. The van der Waals surface area contributed by atoms with Crippen LogP contribution in [0, 0.1) is 0 Å². The standard InChI is InChI=1S/C23H29N5O4.2ClH/c1-15(2)27-10-12-28(13-11-27)21(29)19-9-8-18(14-20(19)31-3)32-22(30)16-4-6-17(7-5-16)26-23(24)25;;/h4-9,14-15H,10-13H2,1-3H3,(H4,24,25,26);2*1H. The number of hydrogen-bond donors (Lipinski definition) is 2. The van der Waals surface area contributed by atoms with E-state index in [1.54, 1.807) is 42.5 Å². The molecule has 1 fully saturated rings. The van der Waals surface area contributed by atoms with Gasteiger partial charge >= 0.3 is 5.97 Å². The third-order valence-corrected chi connectivity index (χ3v) is 5.31. The molecule has 1 aliphatic rings. The van der Waals surface area contributed by atoms with E-state index in [0.29, 0.717) is 41.7 Å². The fraction of sp³-hybridized carbons (Fsp3) is 0.348. The molecule has 1 saturated heterocycles. The van der Waals surface area contributed by atoms with Crippen molar-refractivity contribution >= 4 is 48.3 Å². The van der Waals surface area contributed by atoms with Gasteiger partial charge in [-0.2, -0.15) is 0 Å². The van der Waals surface area contributed by atoms with E-state index >= 15 is 0 Å². The average Bonchev–Trinajstić information content (AvgIpc) is 2.78. The average molecular weight is 512 g/mol. The van der Waals surface area contributed by atoms with Crippen LogP contribution in [0.15, 0.2) is 47.5 Å². The zero-order valence-corrected chi connectivity index (χ0v) is 21.0. The molecule has 4 N–H and O–H groups in total. The number of rotatable bonds is 6. The van der Waals surface area contributed by atoms with E-state index in [2.05, 4.69) is 23.7 Å². The molecular formula is C23H31Cl2N5O4. The summed E-state index contributed by atoms with van der Waals surface area (Å²) < 4.78 is 10.9. The number of ether oxygens (including phenoxy) is 2. The normalized spacial score (nSPS) is 13.4. The molecule has 0 aromatic heterocycles. The quantitative estimate of drug-likeness (QED) is 0.264.